The maximum Gasteiger partial charge on any atom is 0.0547 e. The van der Waals surface area contributed by atoms with Crippen LogP contribution in [0.2, 0.25) is 0 Å². The van der Waals surface area contributed by atoms with Gasteiger partial charge in [-0.1, -0.05) is 13.8 Å². The highest BCUT2D eigenvalue weighted by molar-refractivity contribution is 4.91. The van der Waals surface area contributed by atoms with E-state index in [1.165, 1.54) is 32.6 Å². The lowest BCUT2D eigenvalue weighted by atomic mass is 9.86. The van der Waals surface area contributed by atoms with Crippen LogP contribution in [-0.4, -0.2) is 74.9 Å². The van der Waals surface area contributed by atoms with Crippen molar-refractivity contribution in [3.63, 3.8) is 0 Å². The predicted molar refractivity (Wildman–Crippen MR) is 79.5 cm³/mol. The Morgan fingerprint density at radius 2 is 2.16 bits per heavy atom. The number of hydrogen-bond acceptors (Lipinski definition) is 4. The van der Waals surface area contributed by atoms with Crippen molar-refractivity contribution in [2.75, 3.05) is 53.0 Å². The summed E-state index contributed by atoms with van der Waals surface area (Å²) in [7, 11) is 2.23. The quantitative estimate of drug-likeness (QED) is 0.807. The van der Waals surface area contributed by atoms with Gasteiger partial charge in [-0.2, -0.15) is 0 Å². The van der Waals surface area contributed by atoms with Gasteiger partial charge in [-0.15, -0.1) is 0 Å². The molecule has 19 heavy (non-hydrogen) atoms. The molecule has 2 heterocycles. The van der Waals surface area contributed by atoms with Crippen LogP contribution in [0.15, 0.2) is 0 Å². The van der Waals surface area contributed by atoms with Crippen molar-refractivity contribution in [3.05, 3.63) is 0 Å². The highest BCUT2D eigenvalue weighted by atomic mass is 16.5. The number of piperazine rings is 1. The van der Waals surface area contributed by atoms with Crippen molar-refractivity contribution in [2.24, 2.45) is 5.41 Å². The smallest absolute Gasteiger partial charge is 0.0547 e. The van der Waals surface area contributed by atoms with Gasteiger partial charge < -0.3 is 15.0 Å². The molecule has 0 aromatic carbocycles. The fourth-order valence-corrected chi connectivity index (χ4v) is 3.13. The Balaban J connectivity index is 1.89. The van der Waals surface area contributed by atoms with Gasteiger partial charge in [-0.3, -0.25) is 4.90 Å². The average molecular weight is 269 g/mol. The van der Waals surface area contributed by atoms with Gasteiger partial charge in [-0.25, -0.2) is 0 Å². The molecule has 2 aliphatic rings. The third kappa shape index (κ3) is 4.15. The second-order valence-corrected chi connectivity index (χ2v) is 6.90. The molecule has 0 spiro atoms. The third-order valence-electron chi connectivity index (χ3n) is 4.67. The molecule has 4 heteroatoms. The summed E-state index contributed by atoms with van der Waals surface area (Å²) >= 11 is 0. The summed E-state index contributed by atoms with van der Waals surface area (Å²) in [6, 6.07) is 1.23. The van der Waals surface area contributed by atoms with Gasteiger partial charge in [-0.05, 0) is 20.4 Å². The van der Waals surface area contributed by atoms with Crippen LogP contribution < -0.4 is 5.32 Å². The van der Waals surface area contributed by atoms with Crippen LogP contribution >= 0.6 is 0 Å². The highest BCUT2D eigenvalue weighted by Crippen LogP contribution is 2.30. The van der Waals surface area contributed by atoms with Gasteiger partial charge in [0.05, 0.1) is 6.61 Å². The number of rotatable bonds is 5. The fourth-order valence-electron chi connectivity index (χ4n) is 3.13. The molecule has 0 aromatic heterocycles. The molecule has 1 N–H and O–H groups in total. The van der Waals surface area contributed by atoms with Crippen molar-refractivity contribution < 1.29 is 4.74 Å². The average Bonchev–Trinajstić information content (AvgIpc) is 2.81. The van der Waals surface area contributed by atoms with E-state index in [0.29, 0.717) is 17.5 Å². The summed E-state index contributed by atoms with van der Waals surface area (Å²) in [6.45, 7) is 14.5. The maximum absolute atomic E-state index is 5.71. The van der Waals surface area contributed by atoms with Gasteiger partial charge >= 0.3 is 0 Å². The van der Waals surface area contributed by atoms with Crippen molar-refractivity contribution in [1.82, 2.24) is 15.1 Å². The van der Waals surface area contributed by atoms with E-state index in [0.717, 1.165) is 19.8 Å². The lowest BCUT2D eigenvalue weighted by Gasteiger charge is -2.42. The molecule has 0 radical (unpaired) electrons. The number of ether oxygens (including phenoxy) is 1. The number of hydrogen-bond donors (Lipinski definition) is 1. The number of nitrogens with one attached hydrogen (secondary N) is 1. The Bertz CT molecular complexity index is 277. The van der Waals surface area contributed by atoms with E-state index in [9.17, 15) is 0 Å². The molecule has 2 atom stereocenters. The SMILES string of the molecule is CC(C)NCC1(CN2CCN(C)C(C)C2)CCOC1. The molecule has 4 nitrogen and oxygen atoms in total. The molecule has 0 amide bonds. The third-order valence-corrected chi connectivity index (χ3v) is 4.67. The molecule has 2 fully saturated rings. The van der Waals surface area contributed by atoms with Gasteiger partial charge in [0, 0.05) is 56.8 Å². The Labute approximate surface area is 118 Å². The van der Waals surface area contributed by atoms with E-state index in [1.807, 2.05) is 0 Å². The second kappa shape index (κ2) is 6.53. The van der Waals surface area contributed by atoms with Crippen molar-refractivity contribution >= 4 is 0 Å². The fraction of sp³-hybridized carbons (Fsp3) is 1.00. The summed E-state index contributed by atoms with van der Waals surface area (Å²) < 4.78 is 5.71. The predicted octanol–water partition coefficient (Wildman–Crippen LogP) is 1.03. The zero-order chi connectivity index (χ0) is 13.9. The Hall–Kier alpha value is -0.160. The van der Waals surface area contributed by atoms with E-state index < -0.39 is 0 Å². The highest BCUT2D eigenvalue weighted by Gasteiger charge is 2.37. The van der Waals surface area contributed by atoms with Gasteiger partial charge in [0.1, 0.15) is 0 Å². The van der Waals surface area contributed by atoms with Crippen LogP contribution in [0.1, 0.15) is 27.2 Å². The minimum Gasteiger partial charge on any atom is -0.381 e. The summed E-state index contributed by atoms with van der Waals surface area (Å²) in [5.41, 5.74) is 0.333. The van der Waals surface area contributed by atoms with Crippen molar-refractivity contribution in [1.29, 1.82) is 0 Å². The van der Waals surface area contributed by atoms with Crippen molar-refractivity contribution in [2.45, 2.75) is 39.3 Å². The molecule has 2 unspecified atom stereocenters. The van der Waals surface area contributed by atoms with Crippen LogP contribution in [-0.2, 0) is 4.74 Å². The van der Waals surface area contributed by atoms with Crippen molar-refractivity contribution in [3.8, 4) is 0 Å². The molecule has 2 rings (SSSR count). The van der Waals surface area contributed by atoms with Crippen LogP contribution in [0.5, 0.6) is 0 Å². The Kier molecular flexibility index (Phi) is 5.23. The van der Waals surface area contributed by atoms with Gasteiger partial charge in [0.15, 0.2) is 0 Å². The molecule has 112 valence electrons. The number of likely N-dealkylation sites (N-methyl/N-ethyl adjacent to an activating group) is 1. The van der Waals surface area contributed by atoms with Crippen LogP contribution in [0.3, 0.4) is 0 Å². The Morgan fingerprint density at radius 1 is 1.37 bits per heavy atom. The van der Waals surface area contributed by atoms with Crippen LogP contribution in [0.4, 0.5) is 0 Å². The molecule has 2 aliphatic heterocycles. The first kappa shape index (κ1) is 15.2. The molecule has 2 saturated heterocycles. The van der Waals surface area contributed by atoms with Crippen LogP contribution in [0, 0.1) is 5.41 Å². The summed E-state index contributed by atoms with van der Waals surface area (Å²) in [5.74, 6) is 0. The van der Waals surface area contributed by atoms with Gasteiger partial charge in [0.25, 0.3) is 0 Å². The van der Waals surface area contributed by atoms with E-state index in [-0.39, 0.29) is 0 Å². The first-order valence-corrected chi connectivity index (χ1v) is 7.74. The zero-order valence-corrected chi connectivity index (χ0v) is 13.1. The molecule has 0 aromatic rings. The summed E-state index contributed by atoms with van der Waals surface area (Å²) in [5, 5.41) is 3.62. The van der Waals surface area contributed by atoms with E-state index in [4.69, 9.17) is 4.74 Å². The minimum atomic E-state index is 0.333. The summed E-state index contributed by atoms with van der Waals surface area (Å²) in [4.78, 5) is 5.10. The molecule has 0 saturated carbocycles. The van der Waals surface area contributed by atoms with E-state index in [1.54, 1.807) is 0 Å². The van der Waals surface area contributed by atoms with Gasteiger partial charge in [0.2, 0.25) is 0 Å². The minimum absolute atomic E-state index is 0.333. The first-order chi connectivity index (χ1) is 9.01. The molecular formula is C15H31N3O. The monoisotopic (exact) mass is 269 g/mol. The van der Waals surface area contributed by atoms with Crippen LogP contribution in [0.25, 0.3) is 0 Å². The number of nitrogens with zero attached hydrogens (tertiary/aromatic N) is 2. The van der Waals surface area contributed by atoms with E-state index in [2.05, 4.69) is 42.9 Å². The lowest BCUT2D eigenvalue weighted by Crippen LogP contribution is -2.54. The first-order valence-electron chi connectivity index (χ1n) is 7.74. The molecular weight excluding hydrogens is 238 g/mol. The Morgan fingerprint density at radius 3 is 2.74 bits per heavy atom. The van der Waals surface area contributed by atoms with E-state index >= 15 is 0 Å². The topological polar surface area (TPSA) is 27.7 Å². The normalized spacial score (nSPS) is 34.3. The molecule has 0 bridgehead atoms. The summed E-state index contributed by atoms with van der Waals surface area (Å²) in [6.07, 6.45) is 1.20. The second-order valence-electron chi connectivity index (χ2n) is 6.90. The standard InChI is InChI=1S/C15H31N3O/c1-13(2)16-10-15(5-8-19-12-15)11-18-7-6-17(4)14(3)9-18/h13-14,16H,5-12H2,1-4H3. The zero-order valence-electron chi connectivity index (χ0n) is 13.1. The largest absolute Gasteiger partial charge is 0.381 e. The lowest BCUT2D eigenvalue weighted by molar-refractivity contribution is 0.0548. The molecule has 0 aliphatic carbocycles. The maximum atomic E-state index is 5.71.